The summed E-state index contributed by atoms with van der Waals surface area (Å²) >= 11 is 0. The van der Waals surface area contributed by atoms with Crippen molar-refractivity contribution in [2.45, 2.75) is 26.7 Å². The minimum Gasteiger partial charge on any atom is -0.361 e. The molecule has 1 saturated heterocycles. The van der Waals surface area contributed by atoms with E-state index in [1.807, 2.05) is 0 Å². The minimum absolute atomic E-state index is 0.132. The number of hydrogen-bond acceptors (Lipinski definition) is 2. The molecule has 0 amide bonds. The van der Waals surface area contributed by atoms with Crippen molar-refractivity contribution < 1.29 is 4.79 Å². The van der Waals surface area contributed by atoms with Crippen LogP contribution < -0.4 is 5.32 Å². The zero-order valence-electron chi connectivity index (χ0n) is 11.5. The maximum atomic E-state index is 12.0. The molecule has 2 N–H and O–H groups in total. The molecule has 3 heteroatoms. The Balaban J connectivity index is 1.97. The zero-order chi connectivity index (χ0) is 13.4. The Bertz CT molecular complexity index is 627. The Morgan fingerprint density at radius 2 is 2.05 bits per heavy atom. The second-order valence-corrected chi connectivity index (χ2v) is 5.58. The number of carbonyl (C=O) groups is 1. The van der Waals surface area contributed by atoms with Crippen LogP contribution in [0.2, 0.25) is 0 Å². The number of ketones is 1. The largest absolute Gasteiger partial charge is 0.361 e. The van der Waals surface area contributed by atoms with Gasteiger partial charge in [-0.1, -0.05) is 12.1 Å². The van der Waals surface area contributed by atoms with E-state index in [-0.39, 0.29) is 5.92 Å². The van der Waals surface area contributed by atoms with Gasteiger partial charge in [-0.05, 0) is 37.0 Å². The fourth-order valence-corrected chi connectivity index (χ4v) is 3.06. The fourth-order valence-electron chi connectivity index (χ4n) is 3.06. The average molecular weight is 256 g/mol. The number of H-pyrrole nitrogens is 1. The normalized spacial score (nSPS) is 20.1. The molecule has 0 saturated carbocycles. The molecule has 1 aromatic heterocycles. The number of carbonyl (C=O) groups excluding carboxylic acids is 1. The number of rotatable bonds is 2. The van der Waals surface area contributed by atoms with Crippen LogP contribution in [0.25, 0.3) is 10.9 Å². The molecular formula is C16H20N2O. The molecule has 1 aliphatic heterocycles. The summed E-state index contributed by atoms with van der Waals surface area (Å²) < 4.78 is 0. The summed E-state index contributed by atoms with van der Waals surface area (Å²) in [6, 6.07) is 4.31. The van der Waals surface area contributed by atoms with Crippen molar-refractivity contribution in [3.63, 3.8) is 0 Å². The maximum Gasteiger partial charge on any atom is 0.138 e. The number of aromatic amines is 1. The second-order valence-electron chi connectivity index (χ2n) is 5.58. The molecule has 1 fully saturated rings. The molecule has 19 heavy (non-hydrogen) atoms. The molecule has 0 spiro atoms. The van der Waals surface area contributed by atoms with E-state index in [2.05, 4.69) is 42.5 Å². The van der Waals surface area contributed by atoms with E-state index >= 15 is 0 Å². The number of nitrogens with one attached hydrogen (secondary N) is 2. The molecule has 0 radical (unpaired) electrons. The van der Waals surface area contributed by atoms with Crippen molar-refractivity contribution in [1.82, 2.24) is 10.3 Å². The first-order valence-electron chi connectivity index (χ1n) is 6.96. The summed E-state index contributed by atoms with van der Waals surface area (Å²) in [6.07, 6.45) is 3.59. The lowest BCUT2D eigenvalue weighted by atomic mass is 9.90. The lowest BCUT2D eigenvalue weighted by Crippen LogP contribution is -2.37. The summed E-state index contributed by atoms with van der Waals surface area (Å²) in [7, 11) is 0. The Morgan fingerprint density at radius 1 is 1.26 bits per heavy atom. The average Bonchev–Trinajstić information content (AvgIpc) is 2.82. The van der Waals surface area contributed by atoms with Gasteiger partial charge in [0, 0.05) is 42.5 Å². The zero-order valence-corrected chi connectivity index (χ0v) is 11.5. The number of aryl methyl sites for hydroxylation is 2. The van der Waals surface area contributed by atoms with E-state index in [1.165, 1.54) is 27.6 Å². The van der Waals surface area contributed by atoms with Gasteiger partial charge in [-0.25, -0.2) is 0 Å². The van der Waals surface area contributed by atoms with Crippen molar-refractivity contribution in [3.05, 3.63) is 35.0 Å². The number of benzene rings is 1. The van der Waals surface area contributed by atoms with E-state index in [9.17, 15) is 4.79 Å². The van der Waals surface area contributed by atoms with Crippen LogP contribution in [0.4, 0.5) is 0 Å². The van der Waals surface area contributed by atoms with Gasteiger partial charge < -0.3 is 10.3 Å². The van der Waals surface area contributed by atoms with Crippen LogP contribution in [-0.4, -0.2) is 23.9 Å². The molecule has 3 rings (SSSR count). The van der Waals surface area contributed by atoms with Gasteiger partial charge in [0.25, 0.3) is 0 Å². The van der Waals surface area contributed by atoms with E-state index < -0.39 is 0 Å². The van der Waals surface area contributed by atoms with Crippen LogP contribution in [0, 0.1) is 19.8 Å². The summed E-state index contributed by atoms with van der Waals surface area (Å²) in [4.78, 5) is 15.3. The van der Waals surface area contributed by atoms with Gasteiger partial charge in [-0.15, -0.1) is 0 Å². The SMILES string of the molecule is Cc1ccc(C)c2c(CC3CNCCC3=O)c[nH]c12. The van der Waals surface area contributed by atoms with Gasteiger partial charge in [0.2, 0.25) is 0 Å². The number of aromatic nitrogens is 1. The van der Waals surface area contributed by atoms with Crippen molar-refractivity contribution in [2.24, 2.45) is 5.92 Å². The van der Waals surface area contributed by atoms with Crippen molar-refractivity contribution in [2.75, 3.05) is 13.1 Å². The molecule has 1 atom stereocenters. The van der Waals surface area contributed by atoms with Gasteiger partial charge in [0.1, 0.15) is 5.78 Å². The smallest absolute Gasteiger partial charge is 0.138 e. The summed E-state index contributed by atoms with van der Waals surface area (Å²) in [6.45, 7) is 5.91. The van der Waals surface area contributed by atoms with Gasteiger partial charge in [-0.3, -0.25) is 4.79 Å². The monoisotopic (exact) mass is 256 g/mol. The topological polar surface area (TPSA) is 44.9 Å². The van der Waals surface area contributed by atoms with Crippen LogP contribution in [0.1, 0.15) is 23.1 Å². The summed E-state index contributed by atoms with van der Waals surface area (Å²) in [5.74, 6) is 0.533. The predicted octanol–water partition coefficient (Wildman–Crippen LogP) is 2.51. The van der Waals surface area contributed by atoms with Crippen LogP contribution in [0.5, 0.6) is 0 Å². The van der Waals surface area contributed by atoms with Gasteiger partial charge >= 0.3 is 0 Å². The molecule has 2 aromatic rings. The fraction of sp³-hybridized carbons (Fsp3) is 0.438. The standard InChI is InChI=1S/C16H20N2O/c1-10-3-4-11(2)16-15(10)13(9-18-16)7-12-8-17-6-5-14(12)19/h3-4,9,12,17-18H,5-8H2,1-2H3. The van der Waals surface area contributed by atoms with Crippen LogP contribution in [0.15, 0.2) is 18.3 Å². The number of Topliss-reactive ketones (excluding diaryl/α,β-unsaturated/α-hetero) is 1. The lowest BCUT2D eigenvalue weighted by Gasteiger charge is -2.21. The summed E-state index contributed by atoms with van der Waals surface area (Å²) in [5.41, 5.74) is 5.04. The molecule has 100 valence electrons. The quantitative estimate of drug-likeness (QED) is 0.867. The highest BCUT2D eigenvalue weighted by molar-refractivity contribution is 5.90. The Labute approximate surface area is 113 Å². The molecule has 3 nitrogen and oxygen atoms in total. The first-order valence-corrected chi connectivity index (χ1v) is 6.96. The Hall–Kier alpha value is -1.61. The number of piperidine rings is 1. The van der Waals surface area contributed by atoms with Crippen molar-refractivity contribution >= 4 is 16.7 Å². The van der Waals surface area contributed by atoms with Crippen LogP contribution in [-0.2, 0) is 11.2 Å². The highest BCUT2D eigenvalue weighted by Crippen LogP contribution is 2.27. The van der Waals surface area contributed by atoms with E-state index in [4.69, 9.17) is 0 Å². The van der Waals surface area contributed by atoms with E-state index in [1.54, 1.807) is 0 Å². The van der Waals surface area contributed by atoms with E-state index in [0.29, 0.717) is 12.2 Å². The Kier molecular flexibility index (Phi) is 3.15. The van der Waals surface area contributed by atoms with Gasteiger partial charge in [0.05, 0.1) is 0 Å². The third-order valence-corrected chi connectivity index (χ3v) is 4.19. The van der Waals surface area contributed by atoms with Crippen LogP contribution in [0.3, 0.4) is 0 Å². The minimum atomic E-state index is 0.132. The molecule has 1 aromatic carbocycles. The first kappa shape index (κ1) is 12.4. The predicted molar refractivity (Wildman–Crippen MR) is 77.5 cm³/mol. The third-order valence-electron chi connectivity index (χ3n) is 4.19. The first-order chi connectivity index (χ1) is 9.16. The number of fused-ring (bicyclic) bond motifs is 1. The third kappa shape index (κ3) is 2.19. The second kappa shape index (κ2) is 4.82. The molecule has 1 aliphatic rings. The van der Waals surface area contributed by atoms with Gasteiger partial charge in [-0.2, -0.15) is 0 Å². The Morgan fingerprint density at radius 3 is 2.84 bits per heavy atom. The maximum absolute atomic E-state index is 12.0. The molecular weight excluding hydrogens is 236 g/mol. The molecule has 0 bridgehead atoms. The number of hydrogen-bond donors (Lipinski definition) is 2. The highest BCUT2D eigenvalue weighted by atomic mass is 16.1. The van der Waals surface area contributed by atoms with Crippen molar-refractivity contribution in [1.29, 1.82) is 0 Å². The highest BCUT2D eigenvalue weighted by Gasteiger charge is 2.23. The molecule has 2 heterocycles. The molecule has 1 unspecified atom stereocenters. The molecule has 0 aliphatic carbocycles. The van der Waals surface area contributed by atoms with E-state index in [0.717, 1.165) is 19.5 Å². The summed E-state index contributed by atoms with van der Waals surface area (Å²) in [5, 5.41) is 4.62. The van der Waals surface area contributed by atoms with Gasteiger partial charge in [0.15, 0.2) is 0 Å². The van der Waals surface area contributed by atoms with Crippen molar-refractivity contribution in [3.8, 4) is 0 Å². The van der Waals surface area contributed by atoms with Crippen LogP contribution >= 0.6 is 0 Å². The lowest BCUT2D eigenvalue weighted by molar-refractivity contribution is -0.123.